The maximum absolute atomic E-state index is 13.2. The molecule has 0 aromatic heterocycles. The molecule has 1 saturated heterocycles. The molecule has 2 N–H and O–H groups in total. The number of hydrogen-bond acceptors (Lipinski definition) is 2. The van der Waals surface area contributed by atoms with Gasteiger partial charge in [-0.3, -0.25) is 4.79 Å². The summed E-state index contributed by atoms with van der Waals surface area (Å²) < 4.78 is 6.12. The third-order valence-corrected chi connectivity index (χ3v) is 5.85. The van der Waals surface area contributed by atoms with Crippen LogP contribution in [0.4, 0.5) is 0 Å². The Bertz CT molecular complexity index is 745. The van der Waals surface area contributed by atoms with Crippen molar-refractivity contribution in [3.05, 3.63) is 59.7 Å². The first kappa shape index (κ1) is 16.3. The van der Waals surface area contributed by atoms with Crippen molar-refractivity contribution in [3.8, 4) is 11.1 Å². The molecule has 0 spiro atoms. The second-order valence-corrected chi connectivity index (χ2v) is 7.77. The zero-order chi connectivity index (χ0) is 17.4. The fraction of sp³-hybridized carbons (Fsp3) is 0.409. The zero-order valence-corrected chi connectivity index (χ0v) is 15.0. The number of rotatable bonds is 3. The van der Waals surface area contributed by atoms with Gasteiger partial charge in [0.05, 0.1) is 13.1 Å². The van der Waals surface area contributed by atoms with Gasteiger partial charge in [0.25, 0.3) is 0 Å². The highest BCUT2D eigenvalue weighted by Crippen LogP contribution is 2.45. The van der Waals surface area contributed by atoms with Crippen molar-refractivity contribution in [2.45, 2.75) is 38.2 Å². The normalized spacial score (nSPS) is 17.8. The smallest absolute Gasteiger partial charge is 0.318 e. The first-order valence-corrected chi connectivity index (χ1v) is 9.30. The van der Waals surface area contributed by atoms with Gasteiger partial charge in [-0.1, -0.05) is 48.5 Å². The molecule has 2 aliphatic rings. The molecule has 3 nitrogen and oxygen atoms in total. The van der Waals surface area contributed by atoms with E-state index in [0.29, 0.717) is 5.92 Å². The van der Waals surface area contributed by atoms with E-state index in [-0.39, 0.29) is 11.9 Å². The molecule has 3 heteroatoms. The van der Waals surface area contributed by atoms with Crippen molar-refractivity contribution < 1.29 is 14.8 Å². The van der Waals surface area contributed by atoms with E-state index in [2.05, 4.69) is 43.4 Å². The highest BCUT2D eigenvalue weighted by Gasteiger charge is 2.40. The fourth-order valence-electron chi connectivity index (χ4n) is 4.43. The molecule has 1 fully saturated rings. The Morgan fingerprint density at radius 2 is 1.48 bits per heavy atom. The van der Waals surface area contributed by atoms with Crippen LogP contribution in [-0.4, -0.2) is 24.7 Å². The van der Waals surface area contributed by atoms with Crippen LogP contribution in [0.15, 0.2) is 48.5 Å². The highest BCUT2D eigenvalue weighted by molar-refractivity contribution is 5.93. The van der Waals surface area contributed by atoms with Crippen LogP contribution in [-0.2, 0) is 9.53 Å². The lowest BCUT2D eigenvalue weighted by Gasteiger charge is -2.36. The van der Waals surface area contributed by atoms with E-state index in [9.17, 15) is 4.79 Å². The Balaban J connectivity index is 1.64. The van der Waals surface area contributed by atoms with E-state index in [1.165, 1.54) is 0 Å². The van der Waals surface area contributed by atoms with Crippen LogP contribution in [0.3, 0.4) is 0 Å². The summed E-state index contributed by atoms with van der Waals surface area (Å²) in [4.78, 5) is 13.2. The molecular formula is C22H26NO2+. The monoisotopic (exact) mass is 336 g/mol. The Morgan fingerprint density at radius 3 is 2.04 bits per heavy atom. The van der Waals surface area contributed by atoms with Gasteiger partial charge in [0.1, 0.15) is 11.5 Å². The summed E-state index contributed by atoms with van der Waals surface area (Å²) in [6, 6.07) is 16.4. The predicted octanol–water partition coefficient (Wildman–Crippen LogP) is 3.09. The first-order valence-electron chi connectivity index (χ1n) is 9.30. The van der Waals surface area contributed by atoms with Gasteiger partial charge in [-0.15, -0.1) is 0 Å². The molecule has 1 aliphatic heterocycles. The van der Waals surface area contributed by atoms with Gasteiger partial charge < -0.3 is 10.1 Å². The predicted molar refractivity (Wildman–Crippen MR) is 98.3 cm³/mol. The lowest BCUT2D eigenvalue weighted by molar-refractivity contribution is -0.665. The molecule has 0 saturated carbocycles. The Hall–Kier alpha value is -2.13. The number of piperidine rings is 1. The highest BCUT2D eigenvalue weighted by atomic mass is 16.6. The van der Waals surface area contributed by atoms with Gasteiger partial charge >= 0.3 is 5.97 Å². The van der Waals surface area contributed by atoms with Gasteiger partial charge in [-0.25, -0.2) is 0 Å². The number of carbonyl (C=O) groups is 1. The summed E-state index contributed by atoms with van der Waals surface area (Å²) in [5, 5.41) is 2.35. The summed E-state index contributed by atoms with van der Waals surface area (Å²) in [6.07, 6.45) is 2.22. The first-order chi connectivity index (χ1) is 12.1. The molecule has 2 aromatic rings. The minimum absolute atomic E-state index is 0.114. The van der Waals surface area contributed by atoms with Crippen LogP contribution in [0.25, 0.3) is 11.1 Å². The summed E-state index contributed by atoms with van der Waals surface area (Å²) in [5.74, 6) is 0.0205. The van der Waals surface area contributed by atoms with Crippen LogP contribution >= 0.6 is 0 Å². The standard InChI is InChI=1S/C22H25NO2/c1-22(2,15-11-13-23-14-12-15)25-21(24)20-18-9-5-3-7-16(18)17-8-4-6-10-19(17)20/h3-10,15,20,23H,11-14H2,1-2H3/p+1. The summed E-state index contributed by atoms with van der Waals surface area (Å²) >= 11 is 0. The number of benzene rings is 2. The molecule has 4 rings (SSSR count). The van der Waals surface area contributed by atoms with E-state index in [1.54, 1.807) is 0 Å². The van der Waals surface area contributed by atoms with Crippen molar-refractivity contribution in [3.63, 3.8) is 0 Å². The van der Waals surface area contributed by atoms with Gasteiger partial charge in [0, 0.05) is 18.8 Å². The van der Waals surface area contributed by atoms with Crippen LogP contribution < -0.4 is 5.32 Å². The van der Waals surface area contributed by atoms with E-state index in [0.717, 1.165) is 48.2 Å². The van der Waals surface area contributed by atoms with Crippen molar-refractivity contribution >= 4 is 5.97 Å². The van der Waals surface area contributed by atoms with Crippen LogP contribution in [0, 0.1) is 5.92 Å². The quantitative estimate of drug-likeness (QED) is 0.875. The van der Waals surface area contributed by atoms with E-state index >= 15 is 0 Å². The maximum Gasteiger partial charge on any atom is 0.318 e. The minimum Gasteiger partial charge on any atom is -0.459 e. The van der Waals surface area contributed by atoms with Crippen molar-refractivity contribution in [1.29, 1.82) is 0 Å². The van der Waals surface area contributed by atoms with E-state index in [4.69, 9.17) is 4.74 Å². The number of carbonyl (C=O) groups excluding carboxylic acids is 1. The largest absolute Gasteiger partial charge is 0.459 e. The average molecular weight is 336 g/mol. The molecular weight excluding hydrogens is 310 g/mol. The second kappa shape index (κ2) is 6.30. The van der Waals surface area contributed by atoms with E-state index < -0.39 is 5.60 Å². The van der Waals surface area contributed by atoms with Crippen LogP contribution in [0.1, 0.15) is 43.7 Å². The van der Waals surface area contributed by atoms with Gasteiger partial charge in [-0.2, -0.15) is 0 Å². The summed E-state index contributed by atoms with van der Waals surface area (Å²) in [7, 11) is 0. The molecule has 0 radical (unpaired) electrons. The Morgan fingerprint density at radius 1 is 0.960 bits per heavy atom. The lowest BCUT2D eigenvalue weighted by atomic mass is 9.83. The Labute approximate surface area is 149 Å². The number of quaternary nitrogens is 1. The summed E-state index contributed by atoms with van der Waals surface area (Å²) in [6.45, 7) is 6.41. The third kappa shape index (κ3) is 2.87. The second-order valence-electron chi connectivity index (χ2n) is 7.77. The van der Waals surface area contributed by atoms with Crippen LogP contribution in [0.5, 0.6) is 0 Å². The van der Waals surface area contributed by atoms with Gasteiger partial charge in [-0.05, 0) is 36.1 Å². The van der Waals surface area contributed by atoms with E-state index in [1.807, 2.05) is 24.3 Å². The molecule has 1 aliphatic carbocycles. The molecule has 0 bridgehead atoms. The number of fused-ring (bicyclic) bond motifs is 3. The molecule has 1 heterocycles. The molecule has 0 atom stereocenters. The van der Waals surface area contributed by atoms with Crippen LogP contribution in [0.2, 0.25) is 0 Å². The summed E-state index contributed by atoms with van der Waals surface area (Å²) in [5.41, 5.74) is 4.04. The average Bonchev–Trinajstić information content (AvgIpc) is 2.97. The van der Waals surface area contributed by atoms with Crippen molar-refractivity contribution in [1.82, 2.24) is 0 Å². The van der Waals surface area contributed by atoms with Crippen molar-refractivity contribution in [2.24, 2.45) is 5.92 Å². The van der Waals surface area contributed by atoms with Gasteiger partial charge in [0.15, 0.2) is 0 Å². The number of hydrogen-bond donors (Lipinski definition) is 1. The number of esters is 1. The molecule has 25 heavy (non-hydrogen) atoms. The topological polar surface area (TPSA) is 42.9 Å². The van der Waals surface area contributed by atoms with Gasteiger partial charge in [0.2, 0.25) is 0 Å². The van der Waals surface area contributed by atoms with Crippen molar-refractivity contribution in [2.75, 3.05) is 13.1 Å². The SMILES string of the molecule is CC(C)(OC(=O)C1c2ccccc2-c2ccccc21)C1CC[NH2+]CC1. The number of nitrogens with two attached hydrogens (primary N) is 1. The number of ether oxygens (including phenoxy) is 1. The maximum atomic E-state index is 13.2. The molecule has 130 valence electrons. The fourth-order valence-corrected chi connectivity index (χ4v) is 4.43. The molecule has 2 aromatic carbocycles. The minimum atomic E-state index is -0.419. The zero-order valence-electron chi connectivity index (χ0n) is 15.0. The molecule has 0 amide bonds. The Kier molecular flexibility index (Phi) is 4.12. The third-order valence-electron chi connectivity index (χ3n) is 5.85. The lowest BCUT2D eigenvalue weighted by Crippen LogP contribution is -2.86. The molecule has 0 unspecified atom stereocenters.